The van der Waals surface area contributed by atoms with Crippen molar-refractivity contribution < 1.29 is 41.5 Å². The molecule has 1 spiro atoms. The van der Waals surface area contributed by atoms with Crippen LogP contribution in [0.25, 0.3) is 0 Å². The molecule has 0 radical (unpaired) electrons. The Hall–Kier alpha value is -3.09. The average Bonchev–Trinajstić information content (AvgIpc) is 3.26. The van der Waals surface area contributed by atoms with Gasteiger partial charge in [0.2, 0.25) is 11.8 Å². The summed E-state index contributed by atoms with van der Waals surface area (Å²) in [4.78, 5) is 55.8. The highest BCUT2D eigenvalue weighted by atomic mass is 19.4. The Kier molecular flexibility index (Phi) is 6.80. The molecule has 1 aliphatic carbocycles. The molecule has 4 rings (SSSR count). The number of carbonyl (C=O) groups excluding carboxylic acids is 4. The van der Waals surface area contributed by atoms with Crippen LogP contribution < -0.4 is 10.6 Å². The molecule has 2 N–H and O–H groups in total. The normalized spacial score (nSPS) is 23.8. The predicted octanol–water partition coefficient (Wildman–Crippen LogP) is 1.33. The maximum Gasteiger partial charge on any atom is 0.522 e. The standard InChI is InChI=1S/C22H24F4N4O5/c23-13-2-1-6-27-17(13)20(34)30-11-21(4-5-21)9-15(30)19(33)29-14(8-12-3-7-28-18(12)32)16(31)10-35-22(24,25)26/h1-2,6,12,14-15H,3-5,7-11H2,(H,28,32)(H,29,33)/t12-,14?,15-/m0/s1. The number of pyridine rings is 1. The van der Waals surface area contributed by atoms with Gasteiger partial charge in [-0.15, -0.1) is 13.2 Å². The summed E-state index contributed by atoms with van der Waals surface area (Å²) >= 11 is 0. The number of ketones is 1. The van der Waals surface area contributed by atoms with E-state index >= 15 is 0 Å². The maximum absolute atomic E-state index is 14.2. The van der Waals surface area contributed by atoms with Crippen LogP contribution in [-0.2, 0) is 19.1 Å². The number of Topliss-reactive ketones (excluding diaryl/α,β-unsaturated/α-hetero) is 1. The van der Waals surface area contributed by atoms with Gasteiger partial charge in [0.05, 0.1) is 6.04 Å². The molecule has 13 heteroatoms. The summed E-state index contributed by atoms with van der Waals surface area (Å²) in [5.41, 5.74) is -0.746. The van der Waals surface area contributed by atoms with Crippen molar-refractivity contribution in [2.45, 2.75) is 50.6 Å². The smallest absolute Gasteiger partial charge is 0.356 e. The van der Waals surface area contributed by atoms with Crippen LogP contribution in [-0.4, -0.2) is 71.5 Å². The number of nitrogens with zero attached hydrogens (tertiary/aromatic N) is 2. The molecule has 0 aromatic carbocycles. The number of rotatable bonds is 8. The first-order chi connectivity index (χ1) is 16.5. The van der Waals surface area contributed by atoms with Crippen molar-refractivity contribution in [3.05, 3.63) is 29.8 Å². The molecule has 3 aliphatic rings. The fourth-order valence-corrected chi connectivity index (χ4v) is 4.67. The maximum atomic E-state index is 14.2. The molecule has 3 fully saturated rings. The zero-order chi connectivity index (χ0) is 25.4. The number of alkyl halides is 3. The van der Waals surface area contributed by atoms with Gasteiger partial charge in [0, 0.05) is 25.2 Å². The molecular weight excluding hydrogens is 476 g/mol. The van der Waals surface area contributed by atoms with Crippen LogP contribution in [0.15, 0.2) is 18.3 Å². The Balaban J connectivity index is 1.51. The number of nitrogens with one attached hydrogen (secondary N) is 2. The number of halogens is 4. The van der Waals surface area contributed by atoms with E-state index in [9.17, 15) is 36.7 Å². The molecule has 3 amide bonds. The first kappa shape index (κ1) is 25.0. The summed E-state index contributed by atoms with van der Waals surface area (Å²) in [5.74, 6) is -4.49. The molecule has 3 atom stereocenters. The second-order valence-electron chi connectivity index (χ2n) is 9.26. The molecule has 1 saturated carbocycles. The van der Waals surface area contributed by atoms with Gasteiger partial charge in [0.15, 0.2) is 17.3 Å². The Labute approximate surface area is 197 Å². The predicted molar refractivity (Wildman–Crippen MR) is 110 cm³/mol. The van der Waals surface area contributed by atoms with Crippen molar-refractivity contribution in [3.63, 3.8) is 0 Å². The zero-order valence-electron chi connectivity index (χ0n) is 18.6. The average molecular weight is 500 g/mol. The van der Waals surface area contributed by atoms with Gasteiger partial charge in [-0.05, 0) is 49.7 Å². The summed E-state index contributed by atoms with van der Waals surface area (Å²) in [5, 5.41) is 5.01. The Morgan fingerprint density at radius 2 is 2.06 bits per heavy atom. The zero-order valence-corrected chi connectivity index (χ0v) is 18.6. The van der Waals surface area contributed by atoms with E-state index in [-0.39, 0.29) is 30.7 Å². The summed E-state index contributed by atoms with van der Waals surface area (Å²) < 4.78 is 55.2. The van der Waals surface area contributed by atoms with Gasteiger partial charge in [-0.2, -0.15) is 0 Å². The molecule has 35 heavy (non-hydrogen) atoms. The Morgan fingerprint density at radius 1 is 1.31 bits per heavy atom. The van der Waals surface area contributed by atoms with Gasteiger partial charge < -0.3 is 15.5 Å². The van der Waals surface area contributed by atoms with Gasteiger partial charge in [-0.1, -0.05) is 0 Å². The van der Waals surface area contributed by atoms with E-state index in [2.05, 4.69) is 20.4 Å². The number of ether oxygens (including phenoxy) is 1. The van der Waals surface area contributed by atoms with E-state index in [1.54, 1.807) is 0 Å². The first-order valence-electron chi connectivity index (χ1n) is 11.2. The van der Waals surface area contributed by atoms with Crippen LogP contribution in [0.1, 0.15) is 42.6 Å². The number of amides is 3. The fraction of sp³-hybridized carbons (Fsp3) is 0.591. The van der Waals surface area contributed by atoms with Gasteiger partial charge in [0.25, 0.3) is 5.91 Å². The molecule has 1 aromatic heterocycles. The fourth-order valence-electron chi connectivity index (χ4n) is 4.67. The third kappa shape index (κ3) is 5.77. The van der Waals surface area contributed by atoms with E-state index in [1.807, 2.05) is 0 Å². The van der Waals surface area contributed by atoms with Gasteiger partial charge in [-0.3, -0.25) is 23.9 Å². The monoisotopic (exact) mass is 500 g/mol. The number of likely N-dealkylation sites (tertiary alicyclic amines) is 1. The molecule has 9 nitrogen and oxygen atoms in total. The lowest BCUT2D eigenvalue weighted by Gasteiger charge is -2.27. The molecule has 3 heterocycles. The number of hydrogen-bond donors (Lipinski definition) is 2. The number of hydrogen-bond acceptors (Lipinski definition) is 6. The topological polar surface area (TPSA) is 118 Å². The lowest BCUT2D eigenvalue weighted by atomic mass is 9.95. The molecule has 1 aromatic rings. The van der Waals surface area contributed by atoms with Gasteiger partial charge in [-0.25, -0.2) is 9.37 Å². The summed E-state index contributed by atoms with van der Waals surface area (Å²) in [6.07, 6.45) is -1.87. The second-order valence-corrected chi connectivity index (χ2v) is 9.26. The minimum absolute atomic E-state index is 0.195. The van der Waals surface area contributed by atoms with Crippen molar-refractivity contribution in [3.8, 4) is 0 Å². The van der Waals surface area contributed by atoms with Crippen LogP contribution in [0.4, 0.5) is 17.6 Å². The number of carbonyl (C=O) groups is 4. The lowest BCUT2D eigenvalue weighted by molar-refractivity contribution is -0.321. The van der Waals surface area contributed by atoms with Crippen LogP contribution in [0.2, 0.25) is 0 Å². The third-order valence-corrected chi connectivity index (χ3v) is 6.76. The van der Waals surface area contributed by atoms with Crippen LogP contribution in [0, 0.1) is 17.2 Å². The van der Waals surface area contributed by atoms with Crippen LogP contribution >= 0.6 is 0 Å². The van der Waals surface area contributed by atoms with E-state index in [0.717, 1.165) is 18.9 Å². The third-order valence-electron chi connectivity index (χ3n) is 6.76. The minimum Gasteiger partial charge on any atom is -0.356 e. The molecule has 2 aliphatic heterocycles. The lowest BCUT2D eigenvalue weighted by Crippen LogP contribution is -2.52. The molecular formula is C22H24F4N4O5. The molecule has 1 unspecified atom stereocenters. The highest BCUT2D eigenvalue weighted by Gasteiger charge is 2.56. The van der Waals surface area contributed by atoms with Crippen molar-refractivity contribution in [1.29, 1.82) is 0 Å². The quantitative estimate of drug-likeness (QED) is 0.521. The molecule has 2 saturated heterocycles. The van der Waals surface area contributed by atoms with Crippen LogP contribution in [0.3, 0.4) is 0 Å². The van der Waals surface area contributed by atoms with Crippen molar-refractivity contribution in [2.75, 3.05) is 19.7 Å². The highest BCUT2D eigenvalue weighted by molar-refractivity contribution is 5.98. The van der Waals surface area contributed by atoms with E-state index in [4.69, 9.17) is 0 Å². The van der Waals surface area contributed by atoms with Gasteiger partial charge >= 0.3 is 6.36 Å². The SMILES string of the molecule is O=C(COC(F)(F)F)C(C[C@@H]1CCNC1=O)NC(=O)[C@@H]1CC2(CC2)CN1C(=O)c1ncccc1F. The van der Waals surface area contributed by atoms with Crippen molar-refractivity contribution >= 4 is 23.5 Å². The number of aromatic nitrogens is 1. The first-order valence-corrected chi connectivity index (χ1v) is 11.2. The molecule has 0 bridgehead atoms. The Bertz CT molecular complexity index is 1030. The Morgan fingerprint density at radius 3 is 2.66 bits per heavy atom. The van der Waals surface area contributed by atoms with Gasteiger partial charge in [0.1, 0.15) is 12.6 Å². The van der Waals surface area contributed by atoms with E-state index in [0.29, 0.717) is 13.0 Å². The van der Waals surface area contributed by atoms with Crippen LogP contribution in [0.5, 0.6) is 0 Å². The van der Waals surface area contributed by atoms with Crippen molar-refractivity contribution in [2.24, 2.45) is 11.3 Å². The van der Waals surface area contributed by atoms with Crippen molar-refractivity contribution in [1.82, 2.24) is 20.5 Å². The summed E-state index contributed by atoms with van der Waals surface area (Å²) in [7, 11) is 0. The molecule has 190 valence electrons. The largest absolute Gasteiger partial charge is 0.522 e. The van der Waals surface area contributed by atoms with E-state index in [1.165, 1.54) is 17.2 Å². The highest BCUT2D eigenvalue weighted by Crippen LogP contribution is 2.55. The van der Waals surface area contributed by atoms with E-state index < -0.39 is 60.1 Å². The summed E-state index contributed by atoms with van der Waals surface area (Å²) in [6, 6.07) is -0.109. The minimum atomic E-state index is -5.05. The summed E-state index contributed by atoms with van der Waals surface area (Å²) in [6.45, 7) is -0.791. The second kappa shape index (κ2) is 9.51.